The fourth-order valence-corrected chi connectivity index (χ4v) is 2.53. The number of fused-ring (bicyclic) bond motifs is 1. The van der Waals surface area contributed by atoms with E-state index in [2.05, 4.69) is 5.10 Å². The third-order valence-corrected chi connectivity index (χ3v) is 3.42. The monoisotopic (exact) mass is 214 g/mol. The zero-order valence-corrected chi connectivity index (χ0v) is 8.41. The van der Waals surface area contributed by atoms with Crippen LogP contribution in [0, 0.1) is 0 Å². The summed E-state index contributed by atoms with van der Waals surface area (Å²) in [5, 5.41) is 4.05. The Balaban J connectivity index is 1.89. The van der Waals surface area contributed by atoms with E-state index in [4.69, 9.17) is 4.74 Å². The number of halogens is 2. The summed E-state index contributed by atoms with van der Waals surface area (Å²) in [5.74, 6) is -2.55. The Morgan fingerprint density at radius 3 is 2.93 bits per heavy atom. The van der Waals surface area contributed by atoms with Gasteiger partial charge in [0, 0.05) is 26.1 Å². The largest absolute Gasteiger partial charge is 0.359 e. The van der Waals surface area contributed by atoms with Gasteiger partial charge >= 0.3 is 0 Å². The van der Waals surface area contributed by atoms with Crippen LogP contribution in [0.5, 0.6) is 0 Å². The van der Waals surface area contributed by atoms with Crippen LogP contribution in [0.2, 0.25) is 0 Å². The van der Waals surface area contributed by atoms with Crippen molar-refractivity contribution < 1.29 is 13.5 Å². The van der Waals surface area contributed by atoms with Crippen molar-refractivity contribution in [1.29, 1.82) is 0 Å². The van der Waals surface area contributed by atoms with E-state index in [0.29, 0.717) is 6.42 Å². The van der Waals surface area contributed by atoms with Crippen LogP contribution >= 0.6 is 0 Å². The molecule has 1 aliphatic heterocycles. The number of aromatic nitrogens is 2. The number of ether oxygens (including phenoxy) is 1. The quantitative estimate of drug-likeness (QED) is 0.668. The number of nitrogens with zero attached hydrogens (tertiary/aromatic N) is 2. The highest BCUT2D eigenvalue weighted by Crippen LogP contribution is 2.58. The summed E-state index contributed by atoms with van der Waals surface area (Å²) < 4.78 is 33.4. The molecular formula is C10H12F2N2O. The second-order valence-electron chi connectivity index (χ2n) is 4.40. The lowest BCUT2D eigenvalue weighted by Crippen LogP contribution is -2.31. The molecular weight excluding hydrogens is 202 g/mol. The maximum atomic E-state index is 13.1. The zero-order chi connectivity index (χ0) is 10.7. The summed E-state index contributed by atoms with van der Waals surface area (Å²) in [7, 11) is 1.82. The summed E-state index contributed by atoms with van der Waals surface area (Å²) in [4.78, 5) is 0. The molecule has 0 spiro atoms. The first-order valence-corrected chi connectivity index (χ1v) is 5.08. The minimum absolute atomic E-state index is 0.0886. The SMILES string of the molecule is Cn1nccc1[C@@]12CCC(F)(F)C[C@H]1O2. The van der Waals surface area contributed by atoms with E-state index in [1.165, 1.54) is 0 Å². The van der Waals surface area contributed by atoms with Crippen LogP contribution < -0.4 is 0 Å². The fourth-order valence-electron chi connectivity index (χ4n) is 2.53. The molecule has 3 nitrogen and oxygen atoms in total. The molecule has 0 aromatic carbocycles. The smallest absolute Gasteiger partial charge is 0.250 e. The van der Waals surface area contributed by atoms with Gasteiger partial charge in [-0.25, -0.2) is 8.78 Å². The van der Waals surface area contributed by atoms with Crippen LogP contribution in [0.3, 0.4) is 0 Å². The molecule has 1 saturated heterocycles. The molecule has 15 heavy (non-hydrogen) atoms. The van der Waals surface area contributed by atoms with Gasteiger partial charge in [-0.05, 0) is 12.5 Å². The lowest BCUT2D eigenvalue weighted by molar-refractivity contribution is -0.0332. The van der Waals surface area contributed by atoms with Gasteiger partial charge in [0.05, 0.1) is 11.8 Å². The molecule has 3 rings (SSSR count). The summed E-state index contributed by atoms with van der Waals surface area (Å²) in [6.45, 7) is 0. The van der Waals surface area contributed by atoms with Crippen molar-refractivity contribution in [3.63, 3.8) is 0 Å². The average molecular weight is 214 g/mol. The van der Waals surface area contributed by atoms with Gasteiger partial charge < -0.3 is 4.74 Å². The second-order valence-corrected chi connectivity index (χ2v) is 4.40. The first kappa shape index (κ1) is 9.27. The Labute approximate surface area is 86.0 Å². The molecule has 0 N–H and O–H groups in total. The molecule has 0 amide bonds. The third-order valence-electron chi connectivity index (χ3n) is 3.42. The number of aryl methyl sites for hydroxylation is 1. The molecule has 2 aliphatic rings. The number of rotatable bonds is 1. The molecule has 2 fully saturated rings. The van der Waals surface area contributed by atoms with Crippen molar-refractivity contribution >= 4 is 0 Å². The van der Waals surface area contributed by atoms with E-state index in [9.17, 15) is 8.78 Å². The van der Waals surface area contributed by atoms with Crippen molar-refractivity contribution in [3.8, 4) is 0 Å². The van der Waals surface area contributed by atoms with Gasteiger partial charge in [0.25, 0.3) is 5.92 Å². The molecule has 1 aromatic heterocycles. The van der Waals surface area contributed by atoms with Crippen LogP contribution in [0.15, 0.2) is 12.3 Å². The maximum absolute atomic E-state index is 13.1. The van der Waals surface area contributed by atoms with E-state index in [-0.39, 0.29) is 18.9 Å². The van der Waals surface area contributed by atoms with Crippen molar-refractivity contribution in [2.75, 3.05) is 0 Å². The Morgan fingerprint density at radius 1 is 1.53 bits per heavy atom. The molecule has 1 saturated carbocycles. The summed E-state index contributed by atoms with van der Waals surface area (Å²) >= 11 is 0. The van der Waals surface area contributed by atoms with E-state index in [0.717, 1.165) is 5.69 Å². The highest BCUT2D eigenvalue weighted by molar-refractivity contribution is 5.24. The Kier molecular flexibility index (Phi) is 1.60. The second kappa shape index (κ2) is 2.58. The minimum atomic E-state index is -2.55. The van der Waals surface area contributed by atoms with Crippen LogP contribution in [0.4, 0.5) is 8.78 Å². The van der Waals surface area contributed by atoms with Crippen molar-refractivity contribution in [2.45, 2.75) is 36.9 Å². The van der Waals surface area contributed by atoms with Crippen LogP contribution in [0.1, 0.15) is 25.0 Å². The molecule has 1 aromatic rings. The first-order chi connectivity index (χ1) is 7.04. The van der Waals surface area contributed by atoms with Gasteiger partial charge in [0.2, 0.25) is 0 Å². The van der Waals surface area contributed by atoms with Crippen molar-refractivity contribution in [2.24, 2.45) is 7.05 Å². The van der Waals surface area contributed by atoms with Gasteiger partial charge in [-0.1, -0.05) is 0 Å². The molecule has 0 bridgehead atoms. The van der Waals surface area contributed by atoms with Crippen LogP contribution in [-0.4, -0.2) is 21.8 Å². The normalized spacial score (nSPS) is 37.4. The Hall–Kier alpha value is -0.970. The predicted octanol–water partition coefficient (Wildman–Crippen LogP) is 1.83. The summed E-state index contributed by atoms with van der Waals surface area (Å²) in [6, 6.07) is 1.85. The predicted molar refractivity (Wildman–Crippen MR) is 48.6 cm³/mol. The standard InChI is InChI=1S/C10H12F2N2O/c1-14-7(2-5-13-14)10-4-3-9(11,12)6-8(10)15-10/h2,5,8H,3-4,6H2,1H3/t8-,10+/m1/s1. The lowest BCUT2D eigenvalue weighted by Gasteiger charge is -2.24. The maximum Gasteiger partial charge on any atom is 0.250 e. The Morgan fingerprint density at radius 2 is 2.33 bits per heavy atom. The highest BCUT2D eigenvalue weighted by atomic mass is 19.3. The minimum Gasteiger partial charge on any atom is -0.359 e. The molecule has 82 valence electrons. The number of hydrogen-bond donors (Lipinski definition) is 0. The summed E-state index contributed by atoms with van der Waals surface area (Å²) in [6.07, 6.45) is 1.50. The molecule has 0 unspecified atom stereocenters. The first-order valence-electron chi connectivity index (χ1n) is 5.08. The van der Waals surface area contributed by atoms with E-state index < -0.39 is 11.5 Å². The lowest BCUT2D eigenvalue weighted by atomic mass is 9.84. The van der Waals surface area contributed by atoms with Gasteiger partial charge in [0.15, 0.2) is 0 Å². The number of alkyl halides is 2. The van der Waals surface area contributed by atoms with Gasteiger partial charge in [-0.2, -0.15) is 5.10 Å². The fraction of sp³-hybridized carbons (Fsp3) is 0.700. The third kappa shape index (κ3) is 1.22. The van der Waals surface area contributed by atoms with E-state index in [1.807, 2.05) is 13.1 Å². The number of hydrogen-bond acceptors (Lipinski definition) is 2. The van der Waals surface area contributed by atoms with Gasteiger partial charge in [0.1, 0.15) is 5.60 Å². The van der Waals surface area contributed by atoms with Crippen molar-refractivity contribution in [3.05, 3.63) is 18.0 Å². The number of epoxide rings is 1. The van der Waals surface area contributed by atoms with Crippen LogP contribution in [-0.2, 0) is 17.4 Å². The Bertz CT molecular complexity index is 404. The van der Waals surface area contributed by atoms with Crippen molar-refractivity contribution in [1.82, 2.24) is 9.78 Å². The zero-order valence-electron chi connectivity index (χ0n) is 8.41. The average Bonchev–Trinajstić information content (AvgIpc) is 2.68. The van der Waals surface area contributed by atoms with Gasteiger partial charge in [-0.15, -0.1) is 0 Å². The molecule has 2 atom stereocenters. The molecule has 2 heterocycles. The van der Waals surface area contributed by atoms with E-state index in [1.54, 1.807) is 10.9 Å². The summed E-state index contributed by atoms with van der Waals surface area (Å²) in [5.41, 5.74) is 0.454. The molecule has 0 radical (unpaired) electrons. The van der Waals surface area contributed by atoms with E-state index >= 15 is 0 Å². The topological polar surface area (TPSA) is 30.4 Å². The molecule has 1 aliphatic carbocycles. The molecule has 5 heteroatoms. The van der Waals surface area contributed by atoms with Crippen LogP contribution in [0.25, 0.3) is 0 Å². The highest BCUT2D eigenvalue weighted by Gasteiger charge is 2.65. The van der Waals surface area contributed by atoms with Gasteiger partial charge in [-0.3, -0.25) is 4.68 Å².